The minimum atomic E-state index is -0.484. The second kappa shape index (κ2) is 12.0. The third kappa shape index (κ3) is 5.56. The Kier molecular flexibility index (Phi) is 7.84. The first-order chi connectivity index (χ1) is 20.5. The van der Waals surface area contributed by atoms with Gasteiger partial charge in [-0.1, -0.05) is 66.4 Å². The molecule has 0 saturated carbocycles. The van der Waals surface area contributed by atoms with E-state index in [0.29, 0.717) is 10.6 Å². The van der Waals surface area contributed by atoms with Crippen LogP contribution < -0.4 is 5.32 Å². The van der Waals surface area contributed by atoms with E-state index in [1.165, 1.54) is 34.0 Å². The number of hydrogen-bond donors (Lipinski definition) is 1. The van der Waals surface area contributed by atoms with Gasteiger partial charge in [-0.15, -0.1) is 0 Å². The first kappa shape index (κ1) is 27.4. The highest BCUT2D eigenvalue weighted by molar-refractivity contribution is 7.99. The number of fused-ring (bicyclic) bond motifs is 3. The third-order valence-electron chi connectivity index (χ3n) is 7.47. The van der Waals surface area contributed by atoms with Crippen LogP contribution in [-0.4, -0.2) is 29.0 Å². The zero-order valence-electron chi connectivity index (χ0n) is 23.3. The van der Waals surface area contributed by atoms with Gasteiger partial charge in [0.05, 0.1) is 0 Å². The van der Waals surface area contributed by atoms with Gasteiger partial charge in [-0.25, -0.2) is 9.78 Å². The van der Waals surface area contributed by atoms with Gasteiger partial charge in [0.25, 0.3) is 0 Å². The largest absolute Gasteiger partial charge is 0.449 e. The van der Waals surface area contributed by atoms with Gasteiger partial charge in [-0.05, 0) is 88.7 Å². The predicted octanol–water partition coefficient (Wildman–Crippen LogP) is 7.76. The summed E-state index contributed by atoms with van der Waals surface area (Å²) in [5, 5.41) is 3.58. The first-order valence-corrected chi connectivity index (χ1v) is 14.6. The number of nitrogens with zero attached hydrogens (tertiary/aromatic N) is 2. The topological polar surface area (TPSA) is 81.2 Å². The van der Waals surface area contributed by atoms with Gasteiger partial charge >= 0.3 is 6.09 Å². The van der Waals surface area contributed by atoms with E-state index in [1.54, 1.807) is 24.5 Å². The molecule has 0 spiro atoms. The van der Waals surface area contributed by atoms with Crippen LogP contribution in [0.25, 0.3) is 22.3 Å². The number of alkyl carbamates (subject to hydrolysis) is 1. The van der Waals surface area contributed by atoms with Gasteiger partial charge in [-0.2, -0.15) is 0 Å². The van der Waals surface area contributed by atoms with Crippen LogP contribution in [0.2, 0.25) is 0 Å². The van der Waals surface area contributed by atoms with E-state index in [2.05, 4.69) is 51.7 Å². The zero-order chi connectivity index (χ0) is 29.1. The van der Waals surface area contributed by atoms with Crippen molar-refractivity contribution in [3.05, 3.63) is 131 Å². The molecule has 1 amide bonds. The molecule has 0 fully saturated rings. The predicted molar refractivity (Wildman–Crippen MR) is 165 cm³/mol. The summed E-state index contributed by atoms with van der Waals surface area (Å²) < 4.78 is 5.79. The van der Waals surface area contributed by atoms with E-state index in [0.717, 1.165) is 39.1 Å². The normalized spacial score (nSPS) is 12.0. The highest BCUT2D eigenvalue weighted by atomic mass is 32.2. The van der Waals surface area contributed by atoms with Crippen molar-refractivity contribution in [2.45, 2.75) is 36.2 Å². The molecule has 2 aromatic heterocycles. The summed E-state index contributed by atoms with van der Waals surface area (Å²) in [6.07, 6.45) is 3.80. The highest BCUT2D eigenvalue weighted by Crippen LogP contribution is 2.44. The smallest absolute Gasteiger partial charge is 0.407 e. The maximum Gasteiger partial charge on any atom is 0.407 e. The molecule has 1 aliphatic carbocycles. The lowest BCUT2D eigenvalue weighted by Crippen LogP contribution is -2.26. The number of pyridine rings is 2. The molecule has 3 aromatic carbocycles. The monoisotopic (exact) mass is 571 g/mol. The summed E-state index contributed by atoms with van der Waals surface area (Å²) in [4.78, 5) is 34.4. The van der Waals surface area contributed by atoms with Gasteiger partial charge in [0, 0.05) is 41.0 Å². The molecule has 6 nitrogen and oxygen atoms in total. The number of carbonyl (C=O) groups is 2. The molecule has 7 heteroatoms. The summed E-state index contributed by atoms with van der Waals surface area (Å²) in [6, 6.07) is 28.2. The molecule has 5 aromatic rings. The number of ether oxygens (including phenoxy) is 1. The van der Waals surface area contributed by atoms with E-state index in [1.807, 2.05) is 50.2 Å². The quantitative estimate of drug-likeness (QED) is 0.192. The van der Waals surface area contributed by atoms with Crippen LogP contribution in [0.1, 0.15) is 44.2 Å². The maximum atomic E-state index is 13.0. The summed E-state index contributed by atoms with van der Waals surface area (Å²) in [7, 11) is 0. The molecule has 42 heavy (non-hydrogen) atoms. The summed E-state index contributed by atoms with van der Waals surface area (Å²) in [5.41, 5.74) is 10.1. The van der Waals surface area contributed by atoms with Gasteiger partial charge < -0.3 is 10.1 Å². The number of nitrogens with one attached hydrogen (secondary N) is 1. The average molecular weight is 572 g/mol. The summed E-state index contributed by atoms with van der Waals surface area (Å²) in [5.74, 6) is -0.0133. The lowest BCUT2D eigenvalue weighted by atomic mass is 9.98. The Bertz CT molecular complexity index is 1760. The molecule has 0 bridgehead atoms. The minimum Gasteiger partial charge on any atom is -0.449 e. The van der Waals surface area contributed by atoms with Gasteiger partial charge in [0.15, 0.2) is 6.29 Å². The average Bonchev–Trinajstić information content (AvgIpc) is 3.34. The fraction of sp³-hybridized carbons (Fsp3) is 0.143. The Morgan fingerprint density at radius 2 is 1.62 bits per heavy atom. The highest BCUT2D eigenvalue weighted by Gasteiger charge is 2.29. The summed E-state index contributed by atoms with van der Waals surface area (Å²) >= 11 is 1.42. The van der Waals surface area contributed by atoms with E-state index < -0.39 is 6.09 Å². The third-order valence-corrected chi connectivity index (χ3v) is 8.80. The van der Waals surface area contributed by atoms with Crippen molar-refractivity contribution in [1.82, 2.24) is 15.3 Å². The Morgan fingerprint density at radius 1 is 0.881 bits per heavy atom. The number of hydrogen-bond acceptors (Lipinski definition) is 6. The summed E-state index contributed by atoms with van der Waals surface area (Å²) in [6.45, 7) is 4.48. The molecule has 2 heterocycles. The molecular weight excluding hydrogens is 542 g/mol. The van der Waals surface area contributed by atoms with Gasteiger partial charge in [0.1, 0.15) is 11.6 Å². The molecule has 0 radical (unpaired) electrons. The number of amides is 1. The molecule has 0 aliphatic heterocycles. The second-order valence-electron chi connectivity index (χ2n) is 10.3. The van der Waals surface area contributed by atoms with Crippen molar-refractivity contribution in [2.75, 3.05) is 6.61 Å². The number of carbonyl (C=O) groups excluding carboxylic acids is 2. The molecule has 6 rings (SSSR count). The van der Waals surface area contributed by atoms with Crippen LogP contribution in [0.3, 0.4) is 0 Å². The maximum absolute atomic E-state index is 13.0. The van der Waals surface area contributed by atoms with Crippen LogP contribution in [0.5, 0.6) is 0 Å². The number of aldehydes is 1. The fourth-order valence-electron chi connectivity index (χ4n) is 5.51. The standard InChI is InChI=1S/C35H29N3O3S/c1-22-16-26(24-13-15-36-23(2)17-24)18-27(33(22)42-34-25(20-39)8-7-14-37-34)19-38-35(40)41-21-32-30-11-5-3-9-28(30)29-10-4-6-12-31(29)32/h3-18,20,32H,19,21H2,1-2H3,(H,38,40). The van der Waals surface area contributed by atoms with Crippen molar-refractivity contribution >= 4 is 24.1 Å². The number of aryl methyl sites for hydroxylation is 2. The fourth-order valence-corrected chi connectivity index (χ4v) is 6.53. The SMILES string of the molecule is Cc1cc(-c2cc(C)c(Sc3ncccc3C=O)c(CNC(=O)OCC3c4ccccc4-c4ccccc43)c2)ccn1. The van der Waals surface area contributed by atoms with Crippen LogP contribution in [0.4, 0.5) is 4.79 Å². The Morgan fingerprint density at radius 3 is 2.33 bits per heavy atom. The van der Waals surface area contributed by atoms with Crippen molar-refractivity contribution in [1.29, 1.82) is 0 Å². The van der Waals surface area contributed by atoms with Crippen molar-refractivity contribution in [2.24, 2.45) is 0 Å². The van der Waals surface area contributed by atoms with E-state index in [9.17, 15) is 9.59 Å². The molecule has 1 N–H and O–H groups in total. The van der Waals surface area contributed by atoms with Crippen molar-refractivity contribution < 1.29 is 14.3 Å². The molecule has 208 valence electrons. The number of aromatic nitrogens is 2. The Labute approximate surface area is 249 Å². The number of benzene rings is 3. The minimum absolute atomic E-state index is 0.0133. The van der Waals surface area contributed by atoms with E-state index in [4.69, 9.17) is 4.74 Å². The molecule has 0 saturated heterocycles. The van der Waals surface area contributed by atoms with Crippen LogP contribution in [-0.2, 0) is 11.3 Å². The lowest BCUT2D eigenvalue weighted by molar-refractivity contribution is 0.112. The van der Waals surface area contributed by atoms with Crippen LogP contribution in [0, 0.1) is 13.8 Å². The zero-order valence-corrected chi connectivity index (χ0v) is 24.2. The molecular formula is C35H29N3O3S. The number of rotatable bonds is 8. The lowest BCUT2D eigenvalue weighted by Gasteiger charge is -2.17. The first-order valence-electron chi connectivity index (χ1n) is 13.7. The van der Waals surface area contributed by atoms with Gasteiger partial charge in [0.2, 0.25) is 0 Å². The Hall–Kier alpha value is -4.75. The second-order valence-corrected chi connectivity index (χ2v) is 11.3. The van der Waals surface area contributed by atoms with Gasteiger partial charge in [-0.3, -0.25) is 9.78 Å². The van der Waals surface area contributed by atoms with Crippen molar-refractivity contribution in [3.8, 4) is 22.3 Å². The Balaban J connectivity index is 1.24. The molecule has 1 aliphatic rings. The van der Waals surface area contributed by atoms with E-state index in [-0.39, 0.29) is 19.1 Å². The molecule has 0 atom stereocenters. The van der Waals surface area contributed by atoms with Crippen LogP contribution >= 0.6 is 11.8 Å². The van der Waals surface area contributed by atoms with E-state index >= 15 is 0 Å². The van der Waals surface area contributed by atoms with Crippen LogP contribution in [0.15, 0.2) is 107 Å². The van der Waals surface area contributed by atoms with Crippen molar-refractivity contribution in [3.63, 3.8) is 0 Å². The molecule has 0 unspecified atom stereocenters.